The number of hydrogen-bond donors (Lipinski definition) is 2. The van der Waals surface area contributed by atoms with Gasteiger partial charge in [0.2, 0.25) is 5.91 Å². The molecule has 0 saturated carbocycles. The van der Waals surface area contributed by atoms with Crippen molar-refractivity contribution in [1.82, 2.24) is 4.90 Å². The molecule has 2 aromatic rings. The summed E-state index contributed by atoms with van der Waals surface area (Å²) in [4.78, 5) is 24.1. The Morgan fingerprint density at radius 1 is 1.29 bits per heavy atom. The van der Waals surface area contributed by atoms with Crippen LogP contribution in [0.3, 0.4) is 0 Å². The molecule has 0 aromatic heterocycles. The molecule has 0 radical (unpaired) electrons. The van der Waals surface area contributed by atoms with E-state index in [4.69, 9.17) is 0 Å². The van der Waals surface area contributed by atoms with Gasteiger partial charge in [0.25, 0.3) is 5.69 Å². The van der Waals surface area contributed by atoms with E-state index < -0.39 is 4.92 Å². The number of carbonyl (C=O) groups is 1. The first-order valence-electron chi connectivity index (χ1n) is 7.40. The molecule has 24 heavy (non-hydrogen) atoms. The van der Waals surface area contributed by atoms with Crippen LogP contribution in [0.25, 0.3) is 0 Å². The first-order valence-corrected chi connectivity index (χ1v) is 7.40. The number of rotatable bonds is 6. The van der Waals surface area contributed by atoms with E-state index in [0.717, 1.165) is 5.56 Å². The summed E-state index contributed by atoms with van der Waals surface area (Å²) in [5, 5.41) is 22.8. The van der Waals surface area contributed by atoms with Gasteiger partial charge in [0, 0.05) is 23.9 Å². The quantitative estimate of drug-likeness (QED) is 0.627. The Morgan fingerprint density at radius 3 is 2.54 bits per heavy atom. The molecule has 0 bridgehead atoms. The third-order valence-electron chi connectivity index (χ3n) is 3.77. The van der Waals surface area contributed by atoms with Gasteiger partial charge in [0.15, 0.2) is 0 Å². The summed E-state index contributed by atoms with van der Waals surface area (Å²) in [6.07, 6.45) is 0. The molecule has 0 aliphatic heterocycles. The van der Waals surface area contributed by atoms with Gasteiger partial charge in [-0.2, -0.15) is 0 Å². The zero-order valence-corrected chi connectivity index (χ0v) is 13.5. The van der Waals surface area contributed by atoms with Crippen LogP contribution < -0.4 is 5.32 Å². The van der Waals surface area contributed by atoms with E-state index in [2.05, 4.69) is 5.32 Å². The van der Waals surface area contributed by atoms with Gasteiger partial charge < -0.3 is 10.4 Å². The largest absolute Gasteiger partial charge is 0.508 e. The second-order valence-electron chi connectivity index (χ2n) is 5.54. The van der Waals surface area contributed by atoms with E-state index in [1.54, 1.807) is 18.2 Å². The fraction of sp³-hybridized carbons (Fsp3) is 0.235. The van der Waals surface area contributed by atoms with Crippen LogP contribution in [0, 0.1) is 10.1 Å². The van der Waals surface area contributed by atoms with Crippen LogP contribution in [0.1, 0.15) is 18.5 Å². The number of aromatic hydroxyl groups is 1. The highest BCUT2D eigenvalue weighted by molar-refractivity contribution is 5.92. The number of amides is 1. The Hall–Kier alpha value is -2.93. The zero-order valence-electron chi connectivity index (χ0n) is 13.5. The molecule has 0 heterocycles. The Bertz CT molecular complexity index is 731. The topological polar surface area (TPSA) is 95.7 Å². The van der Waals surface area contributed by atoms with Crippen molar-refractivity contribution >= 4 is 17.3 Å². The van der Waals surface area contributed by atoms with Gasteiger partial charge in [0.1, 0.15) is 5.75 Å². The molecule has 2 rings (SSSR count). The van der Waals surface area contributed by atoms with Crippen molar-refractivity contribution in [2.75, 3.05) is 18.9 Å². The molecule has 0 fully saturated rings. The van der Waals surface area contributed by atoms with E-state index in [0.29, 0.717) is 5.69 Å². The maximum Gasteiger partial charge on any atom is 0.269 e. The second-order valence-corrected chi connectivity index (χ2v) is 5.54. The standard InChI is InChI=1S/C17H19N3O4/c1-12(13-4-3-5-16(21)10-13)19(2)11-17(22)18-14-6-8-15(9-7-14)20(23)24/h3-10,12,21H,11H2,1-2H3,(H,18,22). The number of nitrogens with one attached hydrogen (secondary N) is 1. The van der Waals surface area contributed by atoms with Crippen molar-refractivity contribution < 1.29 is 14.8 Å². The van der Waals surface area contributed by atoms with Gasteiger partial charge in [-0.3, -0.25) is 19.8 Å². The highest BCUT2D eigenvalue weighted by atomic mass is 16.6. The lowest BCUT2D eigenvalue weighted by Crippen LogP contribution is -2.32. The maximum atomic E-state index is 12.1. The van der Waals surface area contributed by atoms with Crippen LogP contribution in [-0.2, 0) is 4.79 Å². The van der Waals surface area contributed by atoms with Crippen LogP contribution in [0.4, 0.5) is 11.4 Å². The number of phenolic OH excluding ortho intramolecular Hbond substituents is 1. The SMILES string of the molecule is CC(c1cccc(O)c1)N(C)CC(=O)Nc1ccc([N+](=O)[O-])cc1. The molecule has 2 aromatic carbocycles. The molecular formula is C17H19N3O4. The lowest BCUT2D eigenvalue weighted by atomic mass is 10.1. The number of benzene rings is 2. The molecule has 0 saturated heterocycles. The molecule has 1 atom stereocenters. The van der Waals surface area contributed by atoms with E-state index in [-0.39, 0.29) is 29.9 Å². The molecular weight excluding hydrogens is 310 g/mol. The number of nitro groups is 1. The molecule has 0 aliphatic rings. The van der Waals surface area contributed by atoms with Crippen LogP contribution in [-0.4, -0.2) is 34.4 Å². The van der Waals surface area contributed by atoms with Gasteiger partial charge in [0.05, 0.1) is 11.5 Å². The van der Waals surface area contributed by atoms with E-state index >= 15 is 0 Å². The van der Waals surface area contributed by atoms with Crippen molar-refractivity contribution in [2.24, 2.45) is 0 Å². The van der Waals surface area contributed by atoms with Crippen LogP contribution >= 0.6 is 0 Å². The number of phenols is 1. The maximum absolute atomic E-state index is 12.1. The lowest BCUT2D eigenvalue weighted by Gasteiger charge is -2.24. The van der Waals surface area contributed by atoms with Crippen LogP contribution in [0.15, 0.2) is 48.5 Å². The van der Waals surface area contributed by atoms with Crippen LogP contribution in [0.2, 0.25) is 0 Å². The van der Waals surface area contributed by atoms with Crippen molar-refractivity contribution in [3.8, 4) is 5.75 Å². The monoisotopic (exact) mass is 329 g/mol. The van der Waals surface area contributed by atoms with Gasteiger partial charge in [-0.15, -0.1) is 0 Å². The first kappa shape index (κ1) is 17.4. The average molecular weight is 329 g/mol. The predicted octanol–water partition coefficient (Wildman–Crippen LogP) is 2.93. The molecule has 2 N–H and O–H groups in total. The van der Waals surface area contributed by atoms with Gasteiger partial charge in [-0.05, 0) is 43.8 Å². The minimum Gasteiger partial charge on any atom is -0.508 e. The number of hydrogen-bond acceptors (Lipinski definition) is 5. The number of non-ortho nitro benzene ring substituents is 1. The second kappa shape index (κ2) is 7.56. The Labute approximate surface area is 139 Å². The third kappa shape index (κ3) is 4.53. The Kier molecular flexibility index (Phi) is 5.49. The van der Waals surface area contributed by atoms with E-state index in [9.17, 15) is 20.0 Å². The van der Waals surface area contributed by atoms with Crippen LogP contribution in [0.5, 0.6) is 5.75 Å². The minimum absolute atomic E-state index is 0.0253. The molecule has 126 valence electrons. The molecule has 0 spiro atoms. The number of carbonyl (C=O) groups excluding carboxylic acids is 1. The summed E-state index contributed by atoms with van der Waals surface area (Å²) in [7, 11) is 1.81. The molecule has 1 unspecified atom stereocenters. The fourth-order valence-corrected chi connectivity index (χ4v) is 2.27. The number of anilines is 1. The van der Waals surface area contributed by atoms with Crippen molar-refractivity contribution in [3.63, 3.8) is 0 Å². The summed E-state index contributed by atoms with van der Waals surface area (Å²) < 4.78 is 0. The molecule has 7 nitrogen and oxygen atoms in total. The first-order chi connectivity index (χ1) is 11.4. The molecule has 1 amide bonds. The summed E-state index contributed by atoms with van der Waals surface area (Å²) in [5.74, 6) is -0.0403. The average Bonchev–Trinajstić information content (AvgIpc) is 2.54. The molecule has 0 aliphatic carbocycles. The lowest BCUT2D eigenvalue weighted by molar-refractivity contribution is -0.384. The summed E-state index contributed by atoms with van der Waals surface area (Å²) in [5.41, 5.74) is 1.38. The highest BCUT2D eigenvalue weighted by Crippen LogP contribution is 2.22. The van der Waals surface area contributed by atoms with Gasteiger partial charge >= 0.3 is 0 Å². The minimum atomic E-state index is -0.490. The normalized spacial score (nSPS) is 12.0. The van der Waals surface area contributed by atoms with Gasteiger partial charge in [-0.25, -0.2) is 0 Å². The van der Waals surface area contributed by atoms with Crippen molar-refractivity contribution in [1.29, 1.82) is 0 Å². The smallest absolute Gasteiger partial charge is 0.269 e. The molecule has 7 heteroatoms. The number of nitrogens with zero attached hydrogens (tertiary/aromatic N) is 2. The number of likely N-dealkylation sites (N-methyl/N-ethyl adjacent to an activating group) is 1. The van der Waals surface area contributed by atoms with E-state index in [1.165, 1.54) is 24.3 Å². The van der Waals surface area contributed by atoms with Crippen molar-refractivity contribution in [2.45, 2.75) is 13.0 Å². The summed E-state index contributed by atoms with van der Waals surface area (Å²) >= 11 is 0. The predicted molar refractivity (Wildman–Crippen MR) is 90.9 cm³/mol. The van der Waals surface area contributed by atoms with Crippen molar-refractivity contribution in [3.05, 3.63) is 64.2 Å². The summed E-state index contributed by atoms with van der Waals surface area (Å²) in [6, 6.07) is 12.5. The fourth-order valence-electron chi connectivity index (χ4n) is 2.27. The highest BCUT2D eigenvalue weighted by Gasteiger charge is 2.15. The zero-order chi connectivity index (χ0) is 17.7. The number of nitro benzene ring substituents is 1. The van der Waals surface area contributed by atoms with Gasteiger partial charge in [-0.1, -0.05) is 12.1 Å². The Morgan fingerprint density at radius 2 is 1.96 bits per heavy atom. The Balaban J connectivity index is 1.94. The summed E-state index contributed by atoms with van der Waals surface area (Å²) in [6.45, 7) is 2.09. The van der Waals surface area contributed by atoms with E-state index in [1.807, 2.05) is 24.9 Å². The third-order valence-corrected chi connectivity index (χ3v) is 3.77.